The SMILES string of the molecule is CN(C)CCCNC(=O)c1ccccc1SCc1c(-c2ccccc2)nn(C)c1Cl.CN(C)CCCNC(=O)c1sccc1Oc1ccc([N+](=O)[O-])c(C(F)(F)F)c1. The summed E-state index contributed by atoms with van der Waals surface area (Å²) in [5, 5.41) is 23.4. The number of thiophene rings is 1. The van der Waals surface area contributed by atoms with E-state index in [1.165, 1.54) is 6.07 Å². The number of ether oxygens (including phenoxy) is 1. The number of nitrogens with one attached hydrogen (secondary N) is 2. The highest BCUT2D eigenvalue weighted by atomic mass is 35.5. The first-order chi connectivity index (χ1) is 27.6. The molecule has 0 aliphatic carbocycles. The van der Waals surface area contributed by atoms with Gasteiger partial charge in [-0.25, -0.2) is 0 Å². The molecular weight excluding hydrogens is 815 g/mol. The highest BCUT2D eigenvalue weighted by Crippen LogP contribution is 2.40. The Bertz CT molecular complexity index is 2150. The maximum absolute atomic E-state index is 13.1. The van der Waals surface area contributed by atoms with Gasteiger partial charge in [0.2, 0.25) is 0 Å². The van der Waals surface area contributed by atoms with Crippen LogP contribution in [0.25, 0.3) is 11.3 Å². The van der Waals surface area contributed by atoms with Gasteiger partial charge >= 0.3 is 6.18 Å². The molecule has 18 heteroatoms. The maximum atomic E-state index is 13.1. The maximum Gasteiger partial charge on any atom is 0.423 e. The zero-order valence-corrected chi connectivity index (χ0v) is 35.0. The van der Waals surface area contributed by atoms with Crippen molar-refractivity contribution in [1.82, 2.24) is 30.2 Å². The van der Waals surface area contributed by atoms with Gasteiger partial charge in [-0.2, -0.15) is 18.3 Å². The number of nitrogens with zero attached hydrogens (tertiary/aromatic N) is 5. The molecule has 5 rings (SSSR count). The third kappa shape index (κ3) is 13.3. The van der Waals surface area contributed by atoms with Crippen LogP contribution in [0.5, 0.6) is 11.5 Å². The van der Waals surface area contributed by atoms with Crippen molar-refractivity contribution in [2.45, 2.75) is 29.7 Å². The number of carbonyl (C=O) groups excluding carboxylic acids is 2. The lowest BCUT2D eigenvalue weighted by atomic mass is 10.1. The first-order valence-corrected chi connectivity index (χ1v) is 20.3. The summed E-state index contributed by atoms with van der Waals surface area (Å²) in [6.45, 7) is 2.82. The summed E-state index contributed by atoms with van der Waals surface area (Å²) in [5.41, 5.74) is 1.08. The summed E-state index contributed by atoms with van der Waals surface area (Å²) in [5.74, 6) is 0.0103. The summed E-state index contributed by atoms with van der Waals surface area (Å²) in [6.07, 6.45) is -3.26. The highest BCUT2D eigenvalue weighted by molar-refractivity contribution is 7.98. The van der Waals surface area contributed by atoms with Gasteiger partial charge in [0.25, 0.3) is 17.5 Å². The van der Waals surface area contributed by atoms with Crippen molar-refractivity contribution >= 4 is 52.2 Å². The van der Waals surface area contributed by atoms with E-state index in [4.69, 9.17) is 16.3 Å². The number of hydrogen-bond acceptors (Lipinski definition) is 10. The summed E-state index contributed by atoms with van der Waals surface area (Å²) in [4.78, 5) is 39.9. The van der Waals surface area contributed by atoms with Crippen LogP contribution in [-0.2, 0) is 19.0 Å². The highest BCUT2D eigenvalue weighted by Gasteiger charge is 2.39. The first kappa shape index (κ1) is 45.8. The van der Waals surface area contributed by atoms with E-state index in [-0.39, 0.29) is 22.3 Å². The molecule has 0 unspecified atom stereocenters. The monoisotopic (exact) mass is 859 g/mol. The smallest absolute Gasteiger partial charge is 0.423 e. The van der Waals surface area contributed by atoms with E-state index in [1.54, 1.807) is 21.8 Å². The molecule has 2 N–H and O–H groups in total. The van der Waals surface area contributed by atoms with Gasteiger partial charge in [0.05, 0.1) is 16.2 Å². The molecule has 0 aliphatic heterocycles. The molecule has 0 bridgehead atoms. The normalized spacial score (nSPS) is 11.3. The summed E-state index contributed by atoms with van der Waals surface area (Å²) >= 11 is 9.23. The number of carbonyl (C=O) groups is 2. The van der Waals surface area contributed by atoms with Crippen LogP contribution >= 0.6 is 34.7 Å². The fourth-order valence-corrected chi connectivity index (χ4v) is 7.51. The van der Waals surface area contributed by atoms with Crippen molar-refractivity contribution in [2.75, 3.05) is 54.4 Å². The van der Waals surface area contributed by atoms with E-state index >= 15 is 0 Å². The molecule has 0 atom stereocenters. The number of halogens is 4. The number of aromatic nitrogens is 2. The number of aryl methyl sites for hydroxylation is 1. The second-order valence-corrected chi connectivity index (χ2v) is 15.7. The van der Waals surface area contributed by atoms with Crippen LogP contribution in [0.2, 0.25) is 5.15 Å². The van der Waals surface area contributed by atoms with Crippen LogP contribution < -0.4 is 15.4 Å². The molecule has 0 saturated heterocycles. The predicted molar refractivity (Wildman–Crippen MR) is 223 cm³/mol. The molecule has 58 heavy (non-hydrogen) atoms. The lowest BCUT2D eigenvalue weighted by molar-refractivity contribution is -0.388. The number of hydrogen-bond donors (Lipinski definition) is 2. The number of nitro groups is 1. The molecule has 12 nitrogen and oxygen atoms in total. The number of amides is 2. The van der Waals surface area contributed by atoms with Crippen molar-refractivity contribution < 1.29 is 32.4 Å². The fourth-order valence-electron chi connectivity index (χ4n) is 5.44. The van der Waals surface area contributed by atoms with Gasteiger partial charge in [-0.05, 0) is 89.8 Å². The van der Waals surface area contributed by atoms with Gasteiger partial charge in [0.1, 0.15) is 21.3 Å². The molecule has 0 spiro atoms. The minimum Gasteiger partial charge on any atom is -0.456 e. The fraction of sp³-hybridized carbons (Fsp3) is 0.325. The van der Waals surface area contributed by atoms with E-state index in [9.17, 15) is 32.9 Å². The number of thioether (sulfide) groups is 1. The Morgan fingerprint density at radius 3 is 2.17 bits per heavy atom. The van der Waals surface area contributed by atoms with Gasteiger partial charge in [0.15, 0.2) is 5.75 Å². The molecule has 2 heterocycles. The van der Waals surface area contributed by atoms with E-state index in [0.717, 1.165) is 71.1 Å². The van der Waals surface area contributed by atoms with E-state index in [0.29, 0.717) is 35.6 Å². The summed E-state index contributed by atoms with van der Waals surface area (Å²) < 4.78 is 46.3. The van der Waals surface area contributed by atoms with Crippen molar-refractivity contribution in [3.05, 3.63) is 121 Å². The first-order valence-electron chi connectivity index (χ1n) is 18.0. The molecule has 0 aliphatic rings. The second-order valence-electron chi connectivity index (χ2n) is 13.4. The van der Waals surface area contributed by atoms with Crippen LogP contribution in [0.1, 0.15) is 44.0 Å². The Morgan fingerprint density at radius 2 is 1.55 bits per heavy atom. The standard InChI is InChI=1S/C23H27ClN4OS.C17H18F3N3O4S/c1-27(2)15-9-14-25-23(29)18-12-7-8-13-20(18)30-16-19-21(26-28(3)22(19)24)17-10-5-4-6-11-17;1-22(2)8-3-7-21-16(24)15-14(6-9-28-15)27-11-4-5-13(23(25)26)12(10-11)17(18,19)20/h4-8,10-13H,9,14-16H2,1-3H3,(H,25,29);4-6,9-10H,3,7-8H2,1-2H3,(H,21,24). The largest absolute Gasteiger partial charge is 0.456 e. The average Bonchev–Trinajstić information content (AvgIpc) is 3.77. The van der Waals surface area contributed by atoms with Gasteiger partial charge in [0, 0.05) is 48.0 Å². The number of benzene rings is 3. The molecule has 2 amide bonds. The van der Waals surface area contributed by atoms with Crippen LogP contribution in [0.4, 0.5) is 18.9 Å². The van der Waals surface area contributed by atoms with Crippen molar-refractivity contribution in [3.63, 3.8) is 0 Å². The van der Waals surface area contributed by atoms with E-state index < -0.39 is 28.3 Å². The Balaban J connectivity index is 0.000000257. The van der Waals surface area contributed by atoms with E-state index in [1.807, 2.05) is 94.7 Å². The lowest BCUT2D eigenvalue weighted by Gasteiger charge is -2.12. The van der Waals surface area contributed by atoms with Crippen LogP contribution in [0.3, 0.4) is 0 Å². The Labute approximate surface area is 348 Å². The lowest BCUT2D eigenvalue weighted by Crippen LogP contribution is -2.27. The molecule has 310 valence electrons. The summed E-state index contributed by atoms with van der Waals surface area (Å²) in [6, 6.07) is 21.5. The molecule has 0 radical (unpaired) electrons. The zero-order chi connectivity index (χ0) is 42.4. The Hall–Kier alpha value is -4.94. The third-order valence-electron chi connectivity index (χ3n) is 8.29. The summed E-state index contributed by atoms with van der Waals surface area (Å²) in [7, 11) is 9.72. The van der Waals surface area contributed by atoms with Gasteiger partial charge < -0.3 is 25.2 Å². The number of alkyl halides is 3. The topological polar surface area (TPSA) is 135 Å². The van der Waals surface area contributed by atoms with Crippen LogP contribution in [0, 0.1) is 10.1 Å². The van der Waals surface area contributed by atoms with Crippen LogP contribution in [0.15, 0.2) is 89.1 Å². The Morgan fingerprint density at radius 1 is 0.931 bits per heavy atom. The van der Waals surface area contributed by atoms with Crippen molar-refractivity contribution in [1.29, 1.82) is 0 Å². The quantitative estimate of drug-likeness (QED) is 0.0407. The van der Waals surface area contributed by atoms with Crippen molar-refractivity contribution in [3.8, 4) is 22.8 Å². The number of rotatable bonds is 17. The third-order valence-corrected chi connectivity index (χ3v) is 10.8. The predicted octanol–water partition coefficient (Wildman–Crippen LogP) is 8.86. The van der Waals surface area contributed by atoms with Gasteiger partial charge in [-0.15, -0.1) is 23.1 Å². The minimum absolute atomic E-state index is 0.0441. The van der Waals surface area contributed by atoms with E-state index in [2.05, 4.69) is 20.6 Å². The Kier molecular flexibility index (Phi) is 17.1. The second kappa shape index (κ2) is 21.7. The molecule has 2 aromatic heterocycles. The van der Waals surface area contributed by atoms with Gasteiger partial charge in [-0.3, -0.25) is 24.4 Å². The van der Waals surface area contributed by atoms with Crippen molar-refractivity contribution in [2.24, 2.45) is 7.05 Å². The number of nitro benzene ring substituents is 1. The van der Waals surface area contributed by atoms with Crippen LogP contribution in [-0.4, -0.2) is 90.7 Å². The average molecular weight is 860 g/mol. The molecule has 3 aromatic carbocycles. The molecular formula is C40H45ClF3N7O5S2. The molecule has 0 fully saturated rings. The molecule has 5 aromatic rings. The minimum atomic E-state index is -4.91. The molecule has 0 saturated carbocycles. The zero-order valence-electron chi connectivity index (χ0n) is 32.6. The van der Waals surface area contributed by atoms with Gasteiger partial charge in [-0.1, -0.05) is 54.1 Å².